The van der Waals surface area contributed by atoms with E-state index in [1.165, 1.54) is 0 Å². The number of methoxy groups -OCH3 is 2. The molecular weight excluding hydrogens is 310 g/mol. The third-order valence-corrected chi connectivity index (χ3v) is 2.42. The summed E-state index contributed by atoms with van der Waals surface area (Å²) in [6.45, 7) is 2.20. The summed E-state index contributed by atoms with van der Waals surface area (Å²) < 4.78 is 13.8. The molecule has 0 spiro atoms. The van der Waals surface area contributed by atoms with Gasteiger partial charge in [0.1, 0.15) is 6.33 Å². The first-order valence-electron chi connectivity index (χ1n) is 6.62. The number of hydrogen-bond donors (Lipinski definition) is 1. The normalized spacial score (nSPS) is 9.70. The van der Waals surface area contributed by atoms with Crippen LogP contribution in [0.1, 0.15) is 19.8 Å². The highest BCUT2D eigenvalue weighted by Crippen LogP contribution is 2.11. The lowest BCUT2D eigenvalue weighted by Gasteiger charge is -2.15. The Morgan fingerprint density at radius 2 is 1.83 bits per heavy atom. The van der Waals surface area contributed by atoms with E-state index in [0.29, 0.717) is 11.3 Å². The summed E-state index contributed by atoms with van der Waals surface area (Å²) in [5, 5.41) is 2.26. The van der Waals surface area contributed by atoms with Gasteiger partial charge in [-0.25, -0.2) is 24.4 Å². The van der Waals surface area contributed by atoms with Crippen LogP contribution in [0.25, 0.3) is 0 Å². The first-order valence-corrected chi connectivity index (χ1v) is 6.62. The van der Waals surface area contributed by atoms with Crippen molar-refractivity contribution >= 4 is 30.2 Å². The van der Waals surface area contributed by atoms with E-state index < -0.39 is 18.3 Å². The van der Waals surface area contributed by atoms with Gasteiger partial charge >= 0.3 is 18.3 Å². The molecule has 11 heteroatoms. The Morgan fingerprint density at radius 3 is 2.39 bits per heavy atom. The van der Waals surface area contributed by atoms with Crippen molar-refractivity contribution < 1.29 is 28.6 Å². The maximum Gasteiger partial charge on any atom is 0.426 e. The van der Waals surface area contributed by atoms with Crippen LogP contribution in [0.3, 0.4) is 0 Å². The van der Waals surface area contributed by atoms with E-state index in [-0.39, 0.29) is 18.5 Å². The van der Waals surface area contributed by atoms with Crippen molar-refractivity contribution in [3.05, 3.63) is 6.33 Å². The first kappa shape index (κ1) is 18.1. The smallest absolute Gasteiger partial charge is 0.426 e. The Kier molecular flexibility index (Phi) is 7.17. The van der Waals surface area contributed by atoms with Gasteiger partial charge in [-0.2, -0.15) is 4.98 Å². The lowest BCUT2D eigenvalue weighted by atomic mass is 10.4. The largest absolute Gasteiger partial charge is 0.452 e. The van der Waals surface area contributed by atoms with Gasteiger partial charge in [0.15, 0.2) is 0 Å². The summed E-state index contributed by atoms with van der Waals surface area (Å²) in [6, 6.07) is 0. The molecular formula is C12H17N5O6. The van der Waals surface area contributed by atoms with Crippen LogP contribution in [0.15, 0.2) is 6.33 Å². The number of carbonyl (C=O) groups excluding carboxylic acids is 3. The summed E-state index contributed by atoms with van der Waals surface area (Å²) in [5.41, 5.74) is 0. The van der Waals surface area contributed by atoms with Crippen molar-refractivity contribution in [2.45, 2.75) is 19.8 Å². The first-order chi connectivity index (χ1) is 11.0. The lowest BCUT2D eigenvalue weighted by Crippen LogP contribution is -2.38. The Morgan fingerprint density at radius 1 is 1.17 bits per heavy atom. The molecule has 0 aliphatic rings. The second kappa shape index (κ2) is 9.12. The van der Waals surface area contributed by atoms with Gasteiger partial charge in [0.25, 0.3) is 0 Å². The number of ether oxygens (including phenoxy) is 3. The van der Waals surface area contributed by atoms with Crippen molar-refractivity contribution in [1.29, 1.82) is 0 Å². The summed E-state index contributed by atoms with van der Waals surface area (Å²) in [7, 11) is 2.15. The van der Waals surface area contributed by atoms with Gasteiger partial charge in [0.05, 0.1) is 20.8 Å². The highest BCUT2D eigenvalue weighted by molar-refractivity contribution is 6.07. The molecule has 0 bridgehead atoms. The average Bonchev–Trinajstić information content (AvgIpc) is 2.55. The molecule has 1 rings (SSSR count). The zero-order valence-corrected chi connectivity index (χ0v) is 12.9. The van der Waals surface area contributed by atoms with Crippen LogP contribution < -0.4 is 10.2 Å². The molecule has 0 aromatic carbocycles. The van der Waals surface area contributed by atoms with Crippen LogP contribution in [0.4, 0.5) is 26.3 Å². The minimum atomic E-state index is -1.06. The molecule has 0 aliphatic heterocycles. The van der Waals surface area contributed by atoms with Crippen molar-refractivity contribution in [1.82, 2.24) is 15.0 Å². The standard InChI is InChI=1S/C12H17N5O6/c1-4-5-6-23-10(18)16-8-13-7-14-9(15-8)17(11(19)21-2)12(20)22-3/h7H,4-6H2,1-3H3,(H,13,14,15,16,18). The van der Waals surface area contributed by atoms with Crippen LogP contribution in [0.2, 0.25) is 0 Å². The zero-order chi connectivity index (χ0) is 17.2. The number of anilines is 2. The molecule has 0 saturated heterocycles. The lowest BCUT2D eigenvalue weighted by molar-refractivity contribution is 0.158. The highest BCUT2D eigenvalue weighted by Gasteiger charge is 2.28. The predicted molar refractivity (Wildman–Crippen MR) is 77.0 cm³/mol. The van der Waals surface area contributed by atoms with Gasteiger partial charge in [-0.1, -0.05) is 13.3 Å². The van der Waals surface area contributed by atoms with E-state index in [9.17, 15) is 14.4 Å². The van der Waals surface area contributed by atoms with Crippen molar-refractivity contribution in [2.24, 2.45) is 0 Å². The number of amides is 3. The fourth-order valence-corrected chi connectivity index (χ4v) is 1.31. The number of imide groups is 1. The van der Waals surface area contributed by atoms with Crippen molar-refractivity contribution in [2.75, 3.05) is 31.0 Å². The molecule has 1 aromatic rings. The molecule has 0 atom stereocenters. The number of carbonyl (C=O) groups is 3. The molecule has 23 heavy (non-hydrogen) atoms. The number of unbranched alkanes of at least 4 members (excludes halogenated alkanes) is 1. The van der Waals surface area contributed by atoms with Gasteiger partial charge in [0, 0.05) is 0 Å². The van der Waals surface area contributed by atoms with Crippen molar-refractivity contribution in [3.63, 3.8) is 0 Å². The highest BCUT2D eigenvalue weighted by atomic mass is 16.6. The molecule has 1 aromatic heterocycles. The monoisotopic (exact) mass is 327 g/mol. The van der Waals surface area contributed by atoms with Crippen LogP contribution in [0.5, 0.6) is 0 Å². The number of rotatable bonds is 5. The number of nitrogens with zero attached hydrogens (tertiary/aromatic N) is 4. The van der Waals surface area contributed by atoms with E-state index in [1.807, 2.05) is 6.92 Å². The number of nitrogens with one attached hydrogen (secondary N) is 1. The Balaban J connectivity index is 2.87. The van der Waals surface area contributed by atoms with E-state index >= 15 is 0 Å². The third kappa shape index (κ3) is 5.37. The number of aromatic nitrogens is 3. The van der Waals surface area contributed by atoms with Crippen LogP contribution >= 0.6 is 0 Å². The van der Waals surface area contributed by atoms with E-state index in [1.54, 1.807) is 0 Å². The van der Waals surface area contributed by atoms with E-state index in [4.69, 9.17) is 4.74 Å². The summed E-state index contributed by atoms with van der Waals surface area (Å²) >= 11 is 0. The van der Waals surface area contributed by atoms with Gasteiger partial charge in [0.2, 0.25) is 11.9 Å². The van der Waals surface area contributed by atoms with Crippen LogP contribution in [-0.4, -0.2) is 54.1 Å². The maximum atomic E-state index is 11.6. The second-order valence-electron chi connectivity index (χ2n) is 4.00. The fraction of sp³-hybridized carbons (Fsp3) is 0.500. The molecule has 0 radical (unpaired) electrons. The average molecular weight is 327 g/mol. The Hall–Kier alpha value is -2.98. The molecule has 0 aliphatic carbocycles. The van der Waals surface area contributed by atoms with Crippen molar-refractivity contribution in [3.8, 4) is 0 Å². The molecule has 0 fully saturated rings. The topological polar surface area (TPSA) is 133 Å². The van der Waals surface area contributed by atoms with Gasteiger partial charge < -0.3 is 14.2 Å². The van der Waals surface area contributed by atoms with Crippen LogP contribution in [0, 0.1) is 0 Å². The molecule has 3 amide bonds. The molecule has 11 nitrogen and oxygen atoms in total. The van der Waals surface area contributed by atoms with E-state index in [2.05, 4.69) is 29.7 Å². The van der Waals surface area contributed by atoms with Gasteiger partial charge in [-0.05, 0) is 6.42 Å². The molecule has 126 valence electrons. The Labute approximate surface area is 132 Å². The SMILES string of the molecule is CCCCOC(=O)Nc1ncnc(N(C(=O)OC)C(=O)OC)n1. The van der Waals surface area contributed by atoms with E-state index in [0.717, 1.165) is 27.0 Å². The molecule has 1 heterocycles. The molecule has 0 unspecified atom stereocenters. The summed E-state index contributed by atoms with van der Waals surface area (Å²) in [5.74, 6) is -0.572. The quantitative estimate of drug-likeness (QED) is 0.631. The fourth-order valence-electron chi connectivity index (χ4n) is 1.31. The zero-order valence-electron chi connectivity index (χ0n) is 12.9. The summed E-state index contributed by atoms with van der Waals surface area (Å²) in [4.78, 5) is 46.3. The number of hydrogen-bond acceptors (Lipinski definition) is 9. The Bertz CT molecular complexity index is 551. The second-order valence-corrected chi connectivity index (χ2v) is 4.00. The van der Waals surface area contributed by atoms with Gasteiger partial charge in [-0.3, -0.25) is 5.32 Å². The maximum absolute atomic E-state index is 11.6. The third-order valence-electron chi connectivity index (χ3n) is 2.42. The minimum absolute atomic E-state index is 0.200. The summed E-state index contributed by atoms with van der Waals surface area (Å²) in [6.07, 6.45) is -0.287. The molecule has 0 saturated carbocycles. The predicted octanol–water partition coefficient (Wildman–Crippen LogP) is 1.56. The van der Waals surface area contributed by atoms with Gasteiger partial charge in [-0.15, -0.1) is 4.90 Å². The molecule has 1 N–H and O–H groups in total. The van der Waals surface area contributed by atoms with Crippen LogP contribution in [-0.2, 0) is 14.2 Å². The minimum Gasteiger partial charge on any atom is -0.452 e.